The molecule has 1 aliphatic heterocycles. The Hall–Kier alpha value is -3.14. The fourth-order valence-corrected chi connectivity index (χ4v) is 3.33. The van der Waals surface area contributed by atoms with Gasteiger partial charge in [0.05, 0.1) is 19.3 Å². The van der Waals surface area contributed by atoms with Crippen molar-refractivity contribution in [2.24, 2.45) is 0 Å². The highest BCUT2D eigenvalue weighted by Crippen LogP contribution is 2.29. The van der Waals surface area contributed by atoms with Crippen LogP contribution in [-0.2, 0) is 19.6 Å². The first-order valence-electron chi connectivity index (χ1n) is 8.57. The molecule has 0 aliphatic carbocycles. The first-order valence-corrected chi connectivity index (χ1v) is 8.57. The van der Waals surface area contributed by atoms with Crippen molar-refractivity contribution in [2.75, 3.05) is 11.9 Å². The molecule has 0 saturated heterocycles. The van der Waals surface area contributed by atoms with Gasteiger partial charge in [-0.05, 0) is 23.3 Å². The van der Waals surface area contributed by atoms with Crippen LogP contribution in [0.4, 0.5) is 24.8 Å². The minimum Gasteiger partial charge on any atom is -0.326 e. The Morgan fingerprint density at radius 3 is 2.82 bits per heavy atom. The van der Waals surface area contributed by atoms with E-state index >= 15 is 0 Å². The fraction of sp³-hybridized carbons (Fsp3) is 0.278. The summed E-state index contributed by atoms with van der Waals surface area (Å²) in [6.07, 6.45) is -1.13. The summed E-state index contributed by atoms with van der Waals surface area (Å²) in [6, 6.07) is 5.31. The molecule has 0 bridgehead atoms. The summed E-state index contributed by atoms with van der Waals surface area (Å²) in [5.74, 6) is 0.230. The average molecular weight is 390 g/mol. The van der Waals surface area contributed by atoms with Crippen LogP contribution in [0.1, 0.15) is 11.1 Å². The predicted molar refractivity (Wildman–Crippen MR) is 98.2 cm³/mol. The third-order valence-electron chi connectivity index (χ3n) is 4.47. The van der Waals surface area contributed by atoms with Crippen LogP contribution in [0.5, 0.6) is 0 Å². The Labute approximate surface area is 157 Å². The number of fused-ring (bicyclic) bond motifs is 2. The van der Waals surface area contributed by atoms with Crippen LogP contribution in [0.3, 0.4) is 0 Å². The van der Waals surface area contributed by atoms with Crippen molar-refractivity contribution in [1.82, 2.24) is 24.6 Å². The van der Waals surface area contributed by atoms with E-state index in [4.69, 9.17) is 0 Å². The molecular weight excluding hydrogens is 373 g/mol. The van der Waals surface area contributed by atoms with Crippen LogP contribution in [0.15, 0.2) is 41.8 Å². The number of benzene rings is 1. The van der Waals surface area contributed by atoms with Crippen LogP contribution in [0.2, 0.25) is 0 Å². The fourth-order valence-electron chi connectivity index (χ4n) is 3.33. The Bertz CT molecular complexity index is 1100. The van der Waals surface area contributed by atoms with E-state index in [0.29, 0.717) is 23.3 Å². The summed E-state index contributed by atoms with van der Waals surface area (Å²) in [5.41, 5.74) is 2.39. The SMILES string of the molecule is C=CCn1ncc2c(=O)[nH]c(Nc3ccc4c(c3)CN(CC(F)(F)F)C4)nc21. The van der Waals surface area contributed by atoms with Crippen molar-refractivity contribution < 1.29 is 13.2 Å². The van der Waals surface area contributed by atoms with Crippen molar-refractivity contribution in [3.63, 3.8) is 0 Å². The number of nitrogens with zero attached hydrogens (tertiary/aromatic N) is 4. The molecule has 0 atom stereocenters. The number of anilines is 2. The zero-order valence-electron chi connectivity index (χ0n) is 14.8. The monoisotopic (exact) mass is 390 g/mol. The summed E-state index contributed by atoms with van der Waals surface area (Å²) in [7, 11) is 0. The maximum absolute atomic E-state index is 12.6. The number of alkyl halides is 3. The number of nitrogens with one attached hydrogen (secondary N) is 2. The normalized spacial score (nSPS) is 14.4. The summed E-state index contributed by atoms with van der Waals surface area (Å²) < 4.78 is 39.4. The number of rotatable bonds is 5. The Kier molecular flexibility index (Phi) is 4.42. The average Bonchev–Trinajstić information content (AvgIpc) is 3.17. The molecule has 2 N–H and O–H groups in total. The molecule has 0 unspecified atom stereocenters. The lowest BCUT2D eigenvalue weighted by molar-refractivity contribution is -0.146. The van der Waals surface area contributed by atoms with Gasteiger partial charge in [-0.2, -0.15) is 23.3 Å². The molecule has 4 rings (SSSR count). The van der Waals surface area contributed by atoms with Gasteiger partial charge in [0.1, 0.15) is 5.39 Å². The number of aromatic amines is 1. The highest BCUT2D eigenvalue weighted by molar-refractivity contribution is 5.75. The second-order valence-corrected chi connectivity index (χ2v) is 6.64. The van der Waals surface area contributed by atoms with Gasteiger partial charge in [0.15, 0.2) is 5.65 Å². The van der Waals surface area contributed by atoms with E-state index in [1.54, 1.807) is 29.0 Å². The standard InChI is InChI=1S/C18H17F3N6O/c1-2-5-27-15-14(7-22-27)16(28)25-17(24-15)23-13-4-3-11-8-26(9-12(11)6-13)10-18(19,20)21/h2-4,6-7H,1,5,8-10H2,(H2,23,24,25,28). The minimum absolute atomic E-state index is 0.222. The van der Waals surface area contributed by atoms with Crippen LogP contribution < -0.4 is 10.9 Å². The summed E-state index contributed by atoms with van der Waals surface area (Å²) in [4.78, 5) is 20.6. The summed E-state index contributed by atoms with van der Waals surface area (Å²) in [6.45, 7) is 3.60. The molecule has 7 nitrogen and oxygen atoms in total. The van der Waals surface area contributed by atoms with Gasteiger partial charge < -0.3 is 5.32 Å². The minimum atomic E-state index is -4.23. The van der Waals surface area contributed by atoms with Crippen molar-refractivity contribution in [3.8, 4) is 0 Å². The van der Waals surface area contributed by atoms with Gasteiger partial charge in [0.2, 0.25) is 5.95 Å². The maximum atomic E-state index is 12.6. The van der Waals surface area contributed by atoms with Crippen molar-refractivity contribution >= 4 is 22.7 Å². The third kappa shape index (κ3) is 3.63. The van der Waals surface area contributed by atoms with Crippen LogP contribution in [0.25, 0.3) is 11.0 Å². The molecule has 28 heavy (non-hydrogen) atoms. The first kappa shape index (κ1) is 18.2. The van der Waals surface area contributed by atoms with Crippen molar-refractivity contribution in [3.05, 3.63) is 58.5 Å². The number of halogens is 3. The van der Waals surface area contributed by atoms with Gasteiger partial charge in [-0.3, -0.25) is 14.7 Å². The van der Waals surface area contributed by atoms with Gasteiger partial charge in [-0.25, -0.2) is 4.68 Å². The highest BCUT2D eigenvalue weighted by Gasteiger charge is 2.33. The topological polar surface area (TPSA) is 78.8 Å². The zero-order valence-corrected chi connectivity index (χ0v) is 14.8. The predicted octanol–water partition coefficient (Wildman–Crippen LogP) is 2.93. The van der Waals surface area contributed by atoms with Crippen molar-refractivity contribution in [2.45, 2.75) is 25.8 Å². The first-order chi connectivity index (χ1) is 13.3. The highest BCUT2D eigenvalue weighted by atomic mass is 19.4. The Morgan fingerprint density at radius 1 is 1.29 bits per heavy atom. The molecule has 0 amide bonds. The third-order valence-corrected chi connectivity index (χ3v) is 4.47. The Balaban J connectivity index is 1.58. The van der Waals surface area contributed by atoms with Crippen LogP contribution in [0, 0.1) is 0 Å². The molecule has 146 valence electrons. The summed E-state index contributed by atoms with van der Waals surface area (Å²) in [5, 5.41) is 7.50. The number of H-pyrrole nitrogens is 1. The van der Waals surface area contributed by atoms with E-state index in [9.17, 15) is 18.0 Å². The molecule has 0 radical (unpaired) electrons. The lowest BCUT2D eigenvalue weighted by Gasteiger charge is -2.16. The van der Waals surface area contributed by atoms with Crippen LogP contribution in [-0.4, -0.2) is 37.4 Å². The van der Waals surface area contributed by atoms with E-state index in [1.807, 2.05) is 0 Å². The van der Waals surface area contributed by atoms with E-state index in [2.05, 4.69) is 27.0 Å². The van der Waals surface area contributed by atoms with E-state index in [1.165, 1.54) is 11.1 Å². The zero-order chi connectivity index (χ0) is 19.9. The lowest BCUT2D eigenvalue weighted by Crippen LogP contribution is -2.29. The number of hydrogen-bond donors (Lipinski definition) is 2. The second-order valence-electron chi connectivity index (χ2n) is 6.64. The number of aromatic nitrogens is 4. The molecule has 1 aromatic carbocycles. The van der Waals surface area contributed by atoms with E-state index < -0.39 is 12.7 Å². The van der Waals surface area contributed by atoms with Crippen molar-refractivity contribution in [1.29, 1.82) is 0 Å². The molecule has 10 heteroatoms. The largest absolute Gasteiger partial charge is 0.401 e. The number of allylic oxidation sites excluding steroid dienone is 1. The summed E-state index contributed by atoms with van der Waals surface area (Å²) >= 11 is 0. The van der Waals surface area contributed by atoms with E-state index in [-0.39, 0.29) is 24.6 Å². The smallest absolute Gasteiger partial charge is 0.326 e. The molecule has 0 spiro atoms. The maximum Gasteiger partial charge on any atom is 0.401 e. The van der Waals surface area contributed by atoms with Crippen LogP contribution >= 0.6 is 0 Å². The van der Waals surface area contributed by atoms with Gasteiger partial charge in [-0.1, -0.05) is 12.1 Å². The lowest BCUT2D eigenvalue weighted by atomic mass is 10.1. The molecular formula is C18H17F3N6O. The van der Waals surface area contributed by atoms with Gasteiger partial charge in [0, 0.05) is 18.8 Å². The second kappa shape index (κ2) is 6.79. The van der Waals surface area contributed by atoms with Gasteiger partial charge in [0.25, 0.3) is 5.56 Å². The van der Waals surface area contributed by atoms with Gasteiger partial charge in [-0.15, -0.1) is 6.58 Å². The molecule has 1 aliphatic rings. The molecule has 0 saturated carbocycles. The Morgan fingerprint density at radius 2 is 2.07 bits per heavy atom. The molecule has 0 fully saturated rings. The molecule has 2 aromatic heterocycles. The van der Waals surface area contributed by atoms with E-state index in [0.717, 1.165) is 11.1 Å². The quantitative estimate of drug-likeness (QED) is 0.655. The molecule has 3 heterocycles. The molecule has 3 aromatic rings. The van der Waals surface area contributed by atoms with Gasteiger partial charge >= 0.3 is 6.18 Å². The number of hydrogen-bond acceptors (Lipinski definition) is 5.